The maximum atomic E-state index is 14.6. The van der Waals surface area contributed by atoms with Crippen LogP contribution in [0.3, 0.4) is 0 Å². The number of pyridine rings is 1. The van der Waals surface area contributed by atoms with Gasteiger partial charge in [-0.15, -0.1) is 0 Å². The summed E-state index contributed by atoms with van der Waals surface area (Å²) in [6.45, 7) is 0. The predicted octanol–water partition coefficient (Wildman–Crippen LogP) is 3.33. The highest BCUT2D eigenvalue weighted by Crippen LogP contribution is 2.56. The Kier molecular flexibility index (Phi) is 4.97. The van der Waals surface area contributed by atoms with Crippen LogP contribution in [0.4, 0.5) is 18.9 Å². The fraction of sp³-hybridized carbons (Fsp3) is 0.316. The second kappa shape index (κ2) is 7.35. The van der Waals surface area contributed by atoms with Crippen molar-refractivity contribution in [3.8, 4) is 5.75 Å². The number of methoxy groups -OCH3 is 1. The third-order valence-electron chi connectivity index (χ3n) is 5.12. The zero-order valence-electron chi connectivity index (χ0n) is 15.5. The van der Waals surface area contributed by atoms with Gasteiger partial charge in [0, 0.05) is 23.2 Å². The average molecular weight is 441 g/mol. The van der Waals surface area contributed by atoms with Crippen LogP contribution in [0.15, 0.2) is 35.5 Å². The molecule has 1 aromatic heterocycles. The van der Waals surface area contributed by atoms with Gasteiger partial charge in [-0.2, -0.15) is 0 Å². The molecular weight excluding hydrogens is 425 g/mol. The molecule has 1 unspecified atom stereocenters. The lowest BCUT2D eigenvalue weighted by Crippen LogP contribution is -2.43. The van der Waals surface area contributed by atoms with Gasteiger partial charge in [-0.25, -0.2) is 23.1 Å². The van der Waals surface area contributed by atoms with Crippen molar-refractivity contribution in [3.05, 3.63) is 52.6 Å². The van der Waals surface area contributed by atoms with Crippen LogP contribution < -0.4 is 15.8 Å². The van der Waals surface area contributed by atoms with Gasteiger partial charge in [-0.3, -0.25) is 4.79 Å². The quantitative estimate of drug-likeness (QED) is 0.743. The standard InChI is InChI=1S/C19H16ClF3N4O3/c1-29-9-5-12(20)15(25-7-9)16(28)26-8-2-3-13(21)10(4-8)19(17(22)23)11-6-14(11)30-18(24)27-19/h2-5,7,11,14,17H,6H2,1H3,(H2,24,27)(H,26,28)/t11?,14-,19-/m1/s1. The van der Waals surface area contributed by atoms with E-state index in [0.29, 0.717) is 5.75 Å². The second-order valence-corrected chi connectivity index (χ2v) is 7.34. The number of amides is 1. The molecule has 3 N–H and O–H groups in total. The zero-order chi connectivity index (χ0) is 21.6. The fourth-order valence-electron chi connectivity index (χ4n) is 3.60. The Morgan fingerprint density at radius 3 is 2.87 bits per heavy atom. The van der Waals surface area contributed by atoms with Gasteiger partial charge >= 0.3 is 0 Å². The van der Waals surface area contributed by atoms with Crippen LogP contribution >= 0.6 is 11.6 Å². The minimum absolute atomic E-state index is 0.0286. The van der Waals surface area contributed by atoms with Crippen molar-refractivity contribution in [3.63, 3.8) is 0 Å². The normalized spacial score (nSPS) is 24.5. The summed E-state index contributed by atoms with van der Waals surface area (Å²) in [6.07, 6.45) is -2.00. The van der Waals surface area contributed by atoms with E-state index >= 15 is 0 Å². The summed E-state index contributed by atoms with van der Waals surface area (Å²) in [5, 5.41) is 2.52. The van der Waals surface area contributed by atoms with Crippen molar-refractivity contribution < 1.29 is 27.4 Å². The van der Waals surface area contributed by atoms with Crippen molar-refractivity contribution in [2.45, 2.75) is 24.5 Å². The molecule has 4 rings (SSSR count). The van der Waals surface area contributed by atoms with Crippen LogP contribution in [-0.2, 0) is 10.3 Å². The molecule has 2 heterocycles. The topological polar surface area (TPSA) is 98.8 Å². The van der Waals surface area contributed by atoms with Crippen molar-refractivity contribution in [1.82, 2.24) is 4.98 Å². The average Bonchev–Trinajstić information content (AvgIpc) is 3.48. The number of aromatic nitrogens is 1. The number of rotatable bonds is 5. The fourth-order valence-corrected chi connectivity index (χ4v) is 3.84. The molecule has 0 spiro atoms. The van der Waals surface area contributed by atoms with E-state index in [1.54, 1.807) is 0 Å². The molecule has 11 heteroatoms. The van der Waals surface area contributed by atoms with Crippen molar-refractivity contribution in [1.29, 1.82) is 0 Å². The molecule has 0 saturated heterocycles. The molecule has 2 aromatic rings. The number of nitrogens with zero attached hydrogens (tertiary/aromatic N) is 2. The number of nitrogens with two attached hydrogens (primary N) is 1. The van der Waals surface area contributed by atoms with Crippen LogP contribution in [0.2, 0.25) is 5.02 Å². The Bertz CT molecular complexity index is 1050. The van der Waals surface area contributed by atoms with E-state index in [-0.39, 0.29) is 28.4 Å². The number of hydrogen-bond donors (Lipinski definition) is 2. The summed E-state index contributed by atoms with van der Waals surface area (Å²) in [6, 6.07) is 4.32. The number of carbonyl (C=O) groups is 1. The molecule has 7 nitrogen and oxygen atoms in total. The van der Waals surface area contributed by atoms with E-state index < -0.39 is 41.7 Å². The van der Waals surface area contributed by atoms with Gasteiger partial charge in [0.2, 0.25) is 0 Å². The molecule has 1 amide bonds. The summed E-state index contributed by atoms with van der Waals surface area (Å²) in [7, 11) is 1.42. The number of alkyl halides is 2. The monoisotopic (exact) mass is 440 g/mol. The largest absolute Gasteiger partial charge is 0.495 e. The summed E-state index contributed by atoms with van der Waals surface area (Å²) in [4.78, 5) is 20.3. The van der Waals surface area contributed by atoms with Gasteiger partial charge < -0.3 is 20.5 Å². The van der Waals surface area contributed by atoms with Crippen molar-refractivity contribution in [2.24, 2.45) is 16.6 Å². The highest BCUT2D eigenvalue weighted by Gasteiger charge is 2.64. The molecule has 1 aliphatic heterocycles. The first kappa shape index (κ1) is 20.3. The first-order valence-electron chi connectivity index (χ1n) is 8.87. The molecule has 158 valence electrons. The molecule has 1 saturated carbocycles. The summed E-state index contributed by atoms with van der Waals surface area (Å²) in [5.41, 5.74) is 2.96. The molecule has 0 radical (unpaired) electrons. The second-order valence-electron chi connectivity index (χ2n) is 6.93. The number of halogens is 4. The lowest BCUT2D eigenvalue weighted by molar-refractivity contribution is 0.0177. The molecule has 3 atom stereocenters. The zero-order valence-corrected chi connectivity index (χ0v) is 16.3. The lowest BCUT2D eigenvalue weighted by Gasteiger charge is -2.33. The van der Waals surface area contributed by atoms with E-state index in [2.05, 4.69) is 15.3 Å². The molecule has 1 aromatic carbocycles. The van der Waals surface area contributed by atoms with Gasteiger partial charge in [0.1, 0.15) is 23.4 Å². The van der Waals surface area contributed by atoms with Crippen molar-refractivity contribution >= 4 is 29.2 Å². The van der Waals surface area contributed by atoms with E-state index in [1.165, 1.54) is 25.4 Å². The molecule has 1 aliphatic carbocycles. The number of nitrogens with one attached hydrogen (secondary N) is 1. The first-order chi connectivity index (χ1) is 14.3. The maximum absolute atomic E-state index is 14.6. The maximum Gasteiger partial charge on any atom is 0.283 e. The number of aliphatic imine (C=N–C) groups is 1. The SMILES string of the molecule is COc1cnc(C(=O)Nc2ccc(F)c([C@@]3(C(F)F)N=C(N)O[C@@H]4CC43)c2)c(Cl)c1. The van der Waals surface area contributed by atoms with Crippen LogP contribution in [0.5, 0.6) is 5.75 Å². The number of carbonyl (C=O) groups excluding carboxylic acids is 1. The van der Waals surface area contributed by atoms with Crippen molar-refractivity contribution in [2.75, 3.05) is 12.4 Å². The van der Waals surface area contributed by atoms with Gasteiger partial charge in [0.15, 0.2) is 5.54 Å². The molecule has 0 bridgehead atoms. The molecule has 30 heavy (non-hydrogen) atoms. The van der Waals surface area contributed by atoms with E-state index in [1.807, 2.05) is 0 Å². The first-order valence-corrected chi connectivity index (χ1v) is 9.25. The molecule has 1 fully saturated rings. The Balaban J connectivity index is 1.69. The number of benzene rings is 1. The van der Waals surface area contributed by atoms with Crippen LogP contribution in [0.25, 0.3) is 0 Å². The van der Waals surface area contributed by atoms with Gasteiger partial charge in [-0.05, 0) is 24.6 Å². The Hall–Kier alpha value is -3.01. The van der Waals surface area contributed by atoms with E-state index in [9.17, 15) is 18.0 Å². The third kappa shape index (κ3) is 3.30. The predicted molar refractivity (Wildman–Crippen MR) is 102 cm³/mol. The van der Waals surface area contributed by atoms with Gasteiger partial charge in [0.05, 0.1) is 18.3 Å². The number of fused-ring (bicyclic) bond motifs is 1. The Labute approximate surface area is 174 Å². The number of hydrogen-bond acceptors (Lipinski definition) is 6. The van der Waals surface area contributed by atoms with E-state index in [0.717, 1.165) is 12.1 Å². The lowest BCUT2D eigenvalue weighted by atomic mass is 9.84. The highest BCUT2D eigenvalue weighted by molar-refractivity contribution is 6.34. The summed E-state index contributed by atoms with van der Waals surface area (Å²) < 4.78 is 53.1. The van der Waals surface area contributed by atoms with Crippen LogP contribution in [-0.4, -0.2) is 36.6 Å². The summed E-state index contributed by atoms with van der Waals surface area (Å²) >= 11 is 6.04. The smallest absolute Gasteiger partial charge is 0.283 e. The minimum Gasteiger partial charge on any atom is -0.495 e. The van der Waals surface area contributed by atoms with Gasteiger partial charge in [-0.1, -0.05) is 11.6 Å². The number of anilines is 1. The Morgan fingerprint density at radius 2 is 2.20 bits per heavy atom. The summed E-state index contributed by atoms with van der Waals surface area (Å²) in [5.74, 6) is -1.96. The highest BCUT2D eigenvalue weighted by atomic mass is 35.5. The Morgan fingerprint density at radius 1 is 1.43 bits per heavy atom. The third-order valence-corrected chi connectivity index (χ3v) is 5.41. The van der Waals surface area contributed by atoms with E-state index in [4.69, 9.17) is 26.8 Å². The number of ether oxygens (including phenoxy) is 2. The molecular formula is C19H16ClF3N4O3. The van der Waals surface area contributed by atoms with Crippen LogP contribution in [0.1, 0.15) is 22.5 Å². The van der Waals surface area contributed by atoms with Crippen LogP contribution in [0, 0.1) is 11.7 Å². The van der Waals surface area contributed by atoms with Gasteiger partial charge in [0.25, 0.3) is 18.4 Å². The molecule has 2 aliphatic rings. The number of amidine groups is 1. The minimum atomic E-state index is -3.03.